The van der Waals surface area contributed by atoms with E-state index in [9.17, 15) is 9.59 Å². The molecule has 108 valence electrons. The number of hydrogen-bond acceptors (Lipinski definition) is 4. The van der Waals surface area contributed by atoms with Crippen molar-refractivity contribution in [2.24, 2.45) is 11.8 Å². The second-order valence-electron chi connectivity index (χ2n) is 6.47. The van der Waals surface area contributed by atoms with Gasteiger partial charge in [0.1, 0.15) is 5.60 Å². The maximum absolute atomic E-state index is 12.0. The lowest BCUT2D eigenvalue weighted by molar-refractivity contribution is -0.141. The normalized spacial score (nSPS) is 28.8. The molecule has 0 aromatic heterocycles. The van der Waals surface area contributed by atoms with Crippen LogP contribution in [-0.2, 0) is 14.3 Å². The SMILES string of the molecule is COC(=O)CC[C@@H]1[C@@H]2C[C@H]1N(C(=O)OC(C)(C)C)C2. The van der Waals surface area contributed by atoms with Crippen molar-refractivity contribution in [2.75, 3.05) is 13.7 Å². The molecule has 2 saturated heterocycles. The average Bonchev–Trinajstić information content (AvgIpc) is 2.84. The van der Waals surface area contributed by atoms with Crippen molar-refractivity contribution in [3.05, 3.63) is 0 Å². The molecule has 5 nitrogen and oxygen atoms in total. The average molecular weight is 269 g/mol. The number of fused-ring (bicyclic) bond motifs is 1. The molecule has 0 unspecified atom stereocenters. The van der Waals surface area contributed by atoms with Gasteiger partial charge in [-0.15, -0.1) is 0 Å². The second-order valence-corrected chi connectivity index (χ2v) is 6.47. The maximum atomic E-state index is 12.0. The van der Waals surface area contributed by atoms with E-state index in [1.54, 1.807) is 0 Å². The van der Waals surface area contributed by atoms with E-state index in [0.29, 0.717) is 18.3 Å². The third-order valence-corrected chi connectivity index (χ3v) is 4.01. The van der Waals surface area contributed by atoms with Crippen LogP contribution in [0.25, 0.3) is 0 Å². The summed E-state index contributed by atoms with van der Waals surface area (Å²) in [7, 11) is 1.41. The molecule has 5 heteroatoms. The Hall–Kier alpha value is -1.26. The Balaban J connectivity index is 1.85. The van der Waals surface area contributed by atoms with Gasteiger partial charge in [-0.2, -0.15) is 0 Å². The molecular weight excluding hydrogens is 246 g/mol. The van der Waals surface area contributed by atoms with E-state index in [1.165, 1.54) is 7.11 Å². The molecule has 2 heterocycles. The van der Waals surface area contributed by atoms with E-state index in [1.807, 2.05) is 25.7 Å². The predicted octanol–water partition coefficient (Wildman–Crippen LogP) is 2.20. The van der Waals surface area contributed by atoms with E-state index in [2.05, 4.69) is 4.74 Å². The molecule has 19 heavy (non-hydrogen) atoms. The van der Waals surface area contributed by atoms with Gasteiger partial charge in [0.05, 0.1) is 7.11 Å². The van der Waals surface area contributed by atoms with Crippen LogP contribution in [0.5, 0.6) is 0 Å². The zero-order chi connectivity index (χ0) is 14.2. The molecule has 2 bridgehead atoms. The fourth-order valence-corrected chi connectivity index (χ4v) is 3.08. The van der Waals surface area contributed by atoms with Crippen molar-refractivity contribution in [1.82, 2.24) is 4.90 Å². The van der Waals surface area contributed by atoms with E-state index in [0.717, 1.165) is 19.4 Å². The Kier molecular flexibility index (Phi) is 3.74. The Bertz CT molecular complexity index is 374. The summed E-state index contributed by atoms with van der Waals surface area (Å²) in [6.45, 7) is 6.39. The summed E-state index contributed by atoms with van der Waals surface area (Å²) in [4.78, 5) is 25.0. The summed E-state index contributed by atoms with van der Waals surface area (Å²) >= 11 is 0. The van der Waals surface area contributed by atoms with Gasteiger partial charge in [0.25, 0.3) is 0 Å². The lowest BCUT2D eigenvalue weighted by atomic mass is 9.71. The minimum atomic E-state index is -0.453. The number of rotatable bonds is 3. The van der Waals surface area contributed by atoms with Crippen LogP contribution in [0.4, 0.5) is 4.79 Å². The Labute approximate surface area is 114 Å². The predicted molar refractivity (Wildman–Crippen MR) is 69.6 cm³/mol. The number of carbonyl (C=O) groups is 2. The van der Waals surface area contributed by atoms with Crippen LogP contribution in [0.3, 0.4) is 0 Å². The van der Waals surface area contributed by atoms with E-state index >= 15 is 0 Å². The molecule has 3 atom stereocenters. The van der Waals surface area contributed by atoms with Crippen molar-refractivity contribution in [2.45, 2.75) is 51.7 Å². The Morgan fingerprint density at radius 2 is 2.00 bits per heavy atom. The van der Waals surface area contributed by atoms with Gasteiger partial charge in [0, 0.05) is 19.0 Å². The topological polar surface area (TPSA) is 55.8 Å². The number of methoxy groups -OCH3 is 1. The molecule has 0 spiro atoms. The molecule has 3 aliphatic rings. The van der Waals surface area contributed by atoms with Gasteiger partial charge < -0.3 is 14.4 Å². The number of nitrogens with zero attached hydrogens (tertiary/aromatic N) is 1. The number of carbonyl (C=O) groups excluding carboxylic acids is 2. The van der Waals surface area contributed by atoms with Gasteiger partial charge in [-0.25, -0.2) is 4.79 Å². The quantitative estimate of drug-likeness (QED) is 0.737. The van der Waals surface area contributed by atoms with Gasteiger partial charge in [0.15, 0.2) is 0 Å². The number of hydrogen-bond donors (Lipinski definition) is 0. The third kappa shape index (κ3) is 3.01. The molecule has 2 aliphatic heterocycles. The molecule has 0 N–H and O–H groups in total. The van der Waals surface area contributed by atoms with Crippen LogP contribution in [0.1, 0.15) is 40.0 Å². The van der Waals surface area contributed by atoms with Crippen molar-refractivity contribution in [1.29, 1.82) is 0 Å². The highest BCUT2D eigenvalue weighted by Gasteiger charge is 2.54. The lowest BCUT2D eigenvalue weighted by Gasteiger charge is -2.36. The van der Waals surface area contributed by atoms with Gasteiger partial charge >= 0.3 is 12.1 Å². The minimum absolute atomic E-state index is 0.171. The summed E-state index contributed by atoms with van der Waals surface area (Å²) in [6.07, 6.45) is 2.07. The highest BCUT2D eigenvalue weighted by atomic mass is 16.6. The van der Waals surface area contributed by atoms with Crippen LogP contribution in [0, 0.1) is 11.8 Å². The van der Waals surface area contributed by atoms with Crippen LogP contribution in [-0.4, -0.2) is 42.3 Å². The molecule has 0 aromatic carbocycles. The van der Waals surface area contributed by atoms with Crippen molar-refractivity contribution in [3.8, 4) is 0 Å². The smallest absolute Gasteiger partial charge is 0.410 e. The maximum Gasteiger partial charge on any atom is 0.410 e. The molecule has 1 saturated carbocycles. The summed E-state index contributed by atoms with van der Waals surface area (Å²) in [6, 6.07) is 0.254. The highest BCUT2D eigenvalue weighted by molar-refractivity contribution is 5.70. The van der Waals surface area contributed by atoms with E-state index in [-0.39, 0.29) is 18.1 Å². The molecule has 0 radical (unpaired) electrons. The summed E-state index contributed by atoms with van der Waals surface area (Å²) < 4.78 is 10.1. The lowest BCUT2D eigenvalue weighted by Crippen LogP contribution is -2.43. The fraction of sp³-hybridized carbons (Fsp3) is 0.857. The first kappa shape index (κ1) is 14.2. The van der Waals surface area contributed by atoms with Gasteiger partial charge in [-0.05, 0) is 45.4 Å². The molecular formula is C14H23NO4. The fourth-order valence-electron chi connectivity index (χ4n) is 3.08. The Morgan fingerprint density at radius 3 is 2.58 bits per heavy atom. The minimum Gasteiger partial charge on any atom is -0.469 e. The first-order chi connectivity index (χ1) is 8.81. The Morgan fingerprint density at radius 1 is 1.32 bits per heavy atom. The molecule has 1 amide bonds. The zero-order valence-electron chi connectivity index (χ0n) is 12.1. The van der Waals surface area contributed by atoms with Crippen molar-refractivity contribution < 1.29 is 19.1 Å². The number of amides is 1. The van der Waals surface area contributed by atoms with Crippen LogP contribution >= 0.6 is 0 Å². The van der Waals surface area contributed by atoms with Crippen LogP contribution in [0.2, 0.25) is 0 Å². The van der Waals surface area contributed by atoms with Crippen molar-refractivity contribution in [3.63, 3.8) is 0 Å². The zero-order valence-corrected chi connectivity index (χ0v) is 12.1. The monoisotopic (exact) mass is 269 g/mol. The largest absolute Gasteiger partial charge is 0.469 e. The number of ether oxygens (including phenoxy) is 2. The molecule has 3 rings (SSSR count). The number of esters is 1. The van der Waals surface area contributed by atoms with Crippen LogP contribution < -0.4 is 0 Å². The first-order valence-electron chi connectivity index (χ1n) is 6.88. The summed E-state index contributed by atoms with van der Waals surface area (Å²) in [5.41, 5.74) is -0.453. The molecule has 1 aliphatic carbocycles. The van der Waals surface area contributed by atoms with Gasteiger partial charge in [0.2, 0.25) is 0 Å². The summed E-state index contributed by atoms with van der Waals surface area (Å²) in [5.74, 6) is 0.795. The molecule has 0 aromatic rings. The van der Waals surface area contributed by atoms with Crippen molar-refractivity contribution >= 4 is 12.1 Å². The third-order valence-electron chi connectivity index (χ3n) is 4.01. The molecule has 3 fully saturated rings. The van der Waals surface area contributed by atoms with E-state index < -0.39 is 5.60 Å². The second kappa shape index (κ2) is 5.02. The van der Waals surface area contributed by atoms with Gasteiger partial charge in [-0.1, -0.05) is 0 Å². The first-order valence-corrected chi connectivity index (χ1v) is 6.88. The van der Waals surface area contributed by atoms with Crippen LogP contribution in [0.15, 0.2) is 0 Å². The van der Waals surface area contributed by atoms with Gasteiger partial charge in [-0.3, -0.25) is 4.79 Å². The highest BCUT2D eigenvalue weighted by Crippen LogP contribution is 2.48. The standard InChI is InChI=1S/C14H23NO4/c1-14(2,3)19-13(17)15-8-9-7-11(15)10(9)5-6-12(16)18-4/h9-11H,5-8H2,1-4H3/t9-,10-,11-/m1/s1. The van der Waals surface area contributed by atoms with E-state index in [4.69, 9.17) is 4.74 Å². The summed E-state index contributed by atoms with van der Waals surface area (Å²) in [5, 5.41) is 0.